The zero-order chi connectivity index (χ0) is 29.2. The summed E-state index contributed by atoms with van der Waals surface area (Å²) in [5, 5.41) is 2.96. The van der Waals surface area contributed by atoms with E-state index in [-0.39, 0.29) is 43.3 Å². The number of nitrogens with one attached hydrogen (secondary N) is 2. The molecule has 0 radical (unpaired) electrons. The number of hydrogen-bond donors (Lipinski definition) is 2. The quantitative estimate of drug-likeness (QED) is 0.466. The van der Waals surface area contributed by atoms with Crippen molar-refractivity contribution >= 4 is 44.6 Å². The van der Waals surface area contributed by atoms with E-state index in [0.717, 1.165) is 25.9 Å². The summed E-state index contributed by atoms with van der Waals surface area (Å²) >= 11 is 0. The fourth-order valence-corrected chi connectivity index (χ4v) is 7.39. The second-order valence-electron chi connectivity index (χ2n) is 12.2. The third kappa shape index (κ3) is 5.06. The number of fused-ring (bicyclic) bond motifs is 2. The molecule has 2 aromatic rings. The van der Waals surface area contributed by atoms with Crippen molar-refractivity contribution in [3.8, 4) is 0 Å². The number of rotatable bonds is 6. The zero-order valence-electron chi connectivity index (χ0n) is 23.4. The highest BCUT2D eigenvalue weighted by Crippen LogP contribution is 2.55. The lowest BCUT2D eigenvalue weighted by Gasteiger charge is -2.36. The van der Waals surface area contributed by atoms with Gasteiger partial charge in [-0.2, -0.15) is 0 Å². The first-order chi connectivity index (χ1) is 19.4. The number of carbonyl (C=O) groups is 2. The zero-order valence-corrected chi connectivity index (χ0v) is 24.3. The lowest BCUT2D eigenvalue weighted by Crippen LogP contribution is -2.44. The molecule has 3 fully saturated rings. The van der Waals surface area contributed by atoms with E-state index in [2.05, 4.69) is 14.9 Å². The van der Waals surface area contributed by atoms with Crippen LogP contribution in [0.25, 0.3) is 0 Å². The van der Waals surface area contributed by atoms with Gasteiger partial charge in [0, 0.05) is 44.4 Å². The van der Waals surface area contributed by atoms with Crippen LogP contribution in [0.3, 0.4) is 0 Å². The fourth-order valence-electron chi connectivity index (χ4n) is 6.76. The third-order valence-electron chi connectivity index (χ3n) is 9.70. The lowest BCUT2D eigenvalue weighted by atomic mass is 9.69. The van der Waals surface area contributed by atoms with Gasteiger partial charge in [0.25, 0.3) is 5.91 Å². The van der Waals surface area contributed by atoms with Crippen LogP contribution in [-0.2, 0) is 20.2 Å². The summed E-state index contributed by atoms with van der Waals surface area (Å²) in [5.74, 6) is -3.39. The van der Waals surface area contributed by atoms with Crippen molar-refractivity contribution in [3.63, 3.8) is 0 Å². The molecule has 0 bridgehead atoms. The van der Waals surface area contributed by atoms with E-state index in [1.807, 2.05) is 0 Å². The number of amides is 2. The van der Waals surface area contributed by atoms with E-state index in [0.29, 0.717) is 39.3 Å². The van der Waals surface area contributed by atoms with Gasteiger partial charge in [-0.05, 0) is 92.8 Å². The van der Waals surface area contributed by atoms with Crippen LogP contribution in [0.5, 0.6) is 0 Å². The van der Waals surface area contributed by atoms with Crippen molar-refractivity contribution in [2.75, 3.05) is 45.7 Å². The smallest absolute Gasteiger partial charge is 0.257 e. The van der Waals surface area contributed by atoms with Gasteiger partial charge in [-0.1, -0.05) is 0 Å². The topological polar surface area (TPSA) is 98.8 Å². The number of alkyl halides is 2. The molecule has 0 aromatic heterocycles. The number of carbonyl (C=O) groups excluding carboxylic acids is 2. The van der Waals surface area contributed by atoms with Gasteiger partial charge in [-0.25, -0.2) is 17.2 Å². The van der Waals surface area contributed by atoms with Crippen molar-refractivity contribution in [2.45, 2.75) is 69.6 Å². The van der Waals surface area contributed by atoms with E-state index in [1.165, 1.54) is 17.7 Å². The molecule has 4 aliphatic rings. The van der Waals surface area contributed by atoms with Crippen LogP contribution in [0, 0.1) is 5.41 Å². The Bertz CT molecular complexity index is 1500. The lowest BCUT2D eigenvalue weighted by molar-refractivity contribution is -0.127. The molecule has 2 N–H and O–H groups in total. The maximum Gasteiger partial charge on any atom is 0.257 e. The van der Waals surface area contributed by atoms with Gasteiger partial charge < -0.3 is 15.1 Å². The van der Waals surface area contributed by atoms with Gasteiger partial charge in [0.2, 0.25) is 21.9 Å². The minimum Gasteiger partial charge on any atom is -0.371 e. The van der Waals surface area contributed by atoms with E-state index in [4.69, 9.17) is 0 Å². The maximum absolute atomic E-state index is 14.0. The summed E-state index contributed by atoms with van der Waals surface area (Å²) in [4.78, 5) is 30.6. The van der Waals surface area contributed by atoms with Gasteiger partial charge in [0.05, 0.1) is 28.1 Å². The van der Waals surface area contributed by atoms with Gasteiger partial charge in [-0.15, -0.1) is 0 Å². The normalized spacial score (nSPS) is 22.1. The van der Waals surface area contributed by atoms with Gasteiger partial charge in [-0.3, -0.25) is 14.3 Å². The summed E-state index contributed by atoms with van der Waals surface area (Å²) < 4.78 is 55.1. The van der Waals surface area contributed by atoms with Crippen molar-refractivity contribution in [3.05, 3.63) is 47.5 Å². The Morgan fingerprint density at radius 3 is 2.20 bits per heavy atom. The second-order valence-corrected chi connectivity index (χ2v) is 14.2. The maximum atomic E-state index is 14.0. The van der Waals surface area contributed by atoms with Crippen LogP contribution in [-0.4, -0.2) is 52.0 Å². The van der Waals surface area contributed by atoms with Crippen LogP contribution in [0.2, 0.25) is 0 Å². The summed E-state index contributed by atoms with van der Waals surface area (Å²) in [6.07, 6.45) is 3.96. The Labute approximate surface area is 239 Å². The molecule has 2 amide bonds. The summed E-state index contributed by atoms with van der Waals surface area (Å²) in [5.41, 5.74) is 2.72. The SMILES string of the molecule is CCS(=O)(=O)Nc1ccc(C(=O)Nc2ccc3c(c2)C2(CCC(F)(F)CC2)C(=O)N3C)c(N2CCC3(CC2)CC3)c1. The Balaban J connectivity index is 1.29. The molecule has 2 spiro atoms. The van der Waals surface area contributed by atoms with E-state index in [1.54, 1.807) is 50.4 Å². The van der Waals surface area contributed by atoms with Crippen LogP contribution >= 0.6 is 0 Å². The average molecular weight is 587 g/mol. The number of halogens is 2. The molecule has 0 atom stereocenters. The van der Waals surface area contributed by atoms with Crippen LogP contribution < -0.4 is 19.8 Å². The molecular formula is C30H36F2N4O4S. The van der Waals surface area contributed by atoms with Crippen LogP contribution in [0.4, 0.5) is 31.5 Å². The molecule has 2 aliphatic heterocycles. The minimum atomic E-state index is -3.49. The van der Waals surface area contributed by atoms with Crippen LogP contribution in [0.1, 0.15) is 74.2 Å². The Morgan fingerprint density at radius 2 is 1.56 bits per heavy atom. The average Bonchev–Trinajstić information content (AvgIpc) is 3.67. The standard InChI is InChI=1S/C30H36F2N4O4S/c1-3-41(39,40)34-21-4-6-22(25(19-21)36-16-14-28(8-9-28)15-17-36)26(37)33-20-5-7-24-23(18-20)29(27(38)35(24)2)10-12-30(31,32)13-11-29/h4-7,18-19,34H,3,8-17H2,1-2H3,(H,33,37). The van der Waals surface area contributed by atoms with Crippen LogP contribution in [0.15, 0.2) is 36.4 Å². The molecule has 8 nitrogen and oxygen atoms in total. The molecule has 2 heterocycles. The molecule has 0 unspecified atom stereocenters. The van der Waals surface area contributed by atoms with Crippen molar-refractivity contribution in [1.82, 2.24) is 0 Å². The molecule has 6 rings (SSSR count). The molecule has 2 aromatic carbocycles. The predicted octanol–water partition coefficient (Wildman–Crippen LogP) is 5.50. The molecule has 41 heavy (non-hydrogen) atoms. The summed E-state index contributed by atoms with van der Waals surface area (Å²) in [7, 11) is -1.84. The Hall–Kier alpha value is -3.21. The van der Waals surface area contributed by atoms with Gasteiger partial charge in [0.15, 0.2) is 0 Å². The number of likely N-dealkylation sites (N-methyl/N-ethyl adjacent to an activating group) is 1. The van der Waals surface area contributed by atoms with Crippen molar-refractivity contribution in [1.29, 1.82) is 0 Å². The van der Waals surface area contributed by atoms with E-state index in [9.17, 15) is 26.8 Å². The van der Waals surface area contributed by atoms with Gasteiger partial charge >= 0.3 is 0 Å². The fraction of sp³-hybridized carbons (Fsp3) is 0.533. The molecule has 220 valence electrons. The highest BCUT2D eigenvalue weighted by atomic mass is 32.2. The van der Waals surface area contributed by atoms with E-state index >= 15 is 0 Å². The number of benzene rings is 2. The summed E-state index contributed by atoms with van der Waals surface area (Å²) in [6.45, 7) is 3.13. The molecular weight excluding hydrogens is 550 g/mol. The highest BCUT2D eigenvalue weighted by Gasteiger charge is 2.54. The predicted molar refractivity (Wildman–Crippen MR) is 156 cm³/mol. The van der Waals surface area contributed by atoms with Gasteiger partial charge in [0.1, 0.15) is 0 Å². The molecule has 2 saturated carbocycles. The third-order valence-corrected chi connectivity index (χ3v) is 11.0. The first kappa shape index (κ1) is 27.9. The minimum absolute atomic E-state index is 0.0588. The monoisotopic (exact) mass is 586 g/mol. The molecule has 11 heteroatoms. The Kier molecular flexibility index (Phi) is 6.59. The van der Waals surface area contributed by atoms with E-state index < -0.39 is 21.4 Å². The van der Waals surface area contributed by atoms with Crippen molar-refractivity contribution < 1.29 is 26.8 Å². The number of nitrogens with zero attached hydrogens (tertiary/aromatic N) is 2. The first-order valence-corrected chi connectivity index (χ1v) is 16.0. The number of piperidine rings is 1. The second kappa shape index (κ2) is 9.68. The first-order valence-electron chi connectivity index (χ1n) is 14.4. The number of anilines is 4. The Morgan fingerprint density at radius 1 is 0.902 bits per heavy atom. The largest absolute Gasteiger partial charge is 0.371 e. The summed E-state index contributed by atoms with van der Waals surface area (Å²) in [6, 6.07) is 10.2. The number of sulfonamides is 1. The highest BCUT2D eigenvalue weighted by molar-refractivity contribution is 7.92. The molecule has 2 aliphatic carbocycles. The molecule has 1 saturated heterocycles. The number of hydrogen-bond acceptors (Lipinski definition) is 5. The van der Waals surface area contributed by atoms with Crippen molar-refractivity contribution in [2.24, 2.45) is 5.41 Å².